The van der Waals surface area contributed by atoms with E-state index < -0.39 is 17.6 Å². The summed E-state index contributed by atoms with van der Waals surface area (Å²) in [6.45, 7) is 10.5. The second-order valence-corrected chi connectivity index (χ2v) is 9.25. The highest BCUT2D eigenvalue weighted by Gasteiger charge is 2.42. The van der Waals surface area contributed by atoms with Crippen LogP contribution in [0.25, 0.3) is 0 Å². The number of hydrogen-bond donors (Lipinski definition) is 0. The zero-order valence-electron chi connectivity index (χ0n) is 18.2. The second kappa shape index (κ2) is 8.17. The van der Waals surface area contributed by atoms with Gasteiger partial charge in [0.2, 0.25) is 5.91 Å². The Hall–Kier alpha value is -2.37. The maximum atomic E-state index is 13.4. The van der Waals surface area contributed by atoms with E-state index in [1.807, 2.05) is 37.8 Å². The van der Waals surface area contributed by atoms with Gasteiger partial charge < -0.3 is 14.5 Å². The van der Waals surface area contributed by atoms with Crippen LogP contribution in [0.4, 0.5) is 4.79 Å². The molecule has 2 aliphatic rings. The molecule has 1 saturated carbocycles. The Morgan fingerprint density at radius 1 is 1.21 bits per heavy atom. The lowest BCUT2D eigenvalue weighted by atomic mass is 9.94. The third-order valence-electron chi connectivity index (χ3n) is 5.70. The highest BCUT2D eigenvalue weighted by Crippen LogP contribution is 2.32. The molecule has 2 amide bonds. The number of hydrogen-bond acceptors (Lipinski definition) is 4. The zero-order valence-corrected chi connectivity index (χ0v) is 18.2. The van der Waals surface area contributed by atoms with Crippen LogP contribution in [0.3, 0.4) is 0 Å². The number of amides is 2. The first-order valence-corrected chi connectivity index (χ1v) is 10.4. The van der Waals surface area contributed by atoms with Crippen LogP contribution in [0.5, 0.6) is 0 Å². The number of piperidine rings is 1. The number of ether oxygens (including phenoxy) is 1. The Morgan fingerprint density at radius 3 is 2.52 bits per heavy atom. The first-order chi connectivity index (χ1) is 13.6. The van der Waals surface area contributed by atoms with Gasteiger partial charge in [-0.2, -0.15) is 0 Å². The lowest BCUT2D eigenvalue weighted by Crippen LogP contribution is -2.52. The van der Waals surface area contributed by atoms with E-state index in [-0.39, 0.29) is 30.7 Å². The monoisotopic (exact) mass is 400 g/mol. The maximum absolute atomic E-state index is 13.4. The van der Waals surface area contributed by atoms with Gasteiger partial charge in [0.15, 0.2) is 0 Å². The molecular weight excluding hydrogens is 368 g/mol. The van der Waals surface area contributed by atoms with E-state index in [1.54, 1.807) is 0 Å². The van der Waals surface area contributed by atoms with Gasteiger partial charge in [0.25, 0.3) is 0 Å². The van der Waals surface area contributed by atoms with Crippen LogP contribution in [0, 0.1) is 19.8 Å². The number of nitrogens with zero attached hydrogens (tertiary/aromatic N) is 2. The Kier molecular flexibility index (Phi) is 6.01. The summed E-state index contributed by atoms with van der Waals surface area (Å²) in [6, 6.07) is 6.29. The number of rotatable bonds is 4. The molecule has 1 unspecified atom stereocenters. The van der Waals surface area contributed by atoms with Crippen molar-refractivity contribution in [3.63, 3.8) is 0 Å². The average Bonchev–Trinajstić information content (AvgIpc) is 3.46. The third kappa shape index (κ3) is 5.17. The van der Waals surface area contributed by atoms with E-state index in [4.69, 9.17) is 4.74 Å². The van der Waals surface area contributed by atoms with E-state index >= 15 is 0 Å². The highest BCUT2D eigenvalue weighted by atomic mass is 16.6. The largest absolute Gasteiger partial charge is 0.444 e. The van der Waals surface area contributed by atoms with Crippen molar-refractivity contribution < 1.29 is 19.1 Å². The van der Waals surface area contributed by atoms with Gasteiger partial charge in [0.1, 0.15) is 17.3 Å². The molecular formula is C23H32N2O4. The average molecular weight is 401 g/mol. The van der Waals surface area contributed by atoms with Crippen molar-refractivity contribution >= 4 is 17.8 Å². The Bertz CT molecular complexity index is 808. The van der Waals surface area contributed by atoms with Crippen molar-refractivity contribution in [3.05, 3.63) is 34.9 Å². The molecule has 0 spiro atoms. The normalized spacial score (nSPS) is 19.8. The number of Topliss-reactive ketones (excluding diaryl/α,β-unsaturated/α-hetero) is 1. The molecule has 29 heavy (non-hydrogen) atoms. The van der Waals surface area contributed by atoms with Gasteiger partial charge in [0, 0.05) is 32.1 Å². The zero-order chi connectivity index (χ0) is 21.3. The minimum atomic E-state index is -0.804. The molecule has 0 bridgehead atoms. The van der Waals surface area contributed by atoms with Crippen molar-refractivity contribution in [1.82, 2.24) is 9.80 Å². The molecule has 6 nitrogen and oxygen atoms in total. The lowest BCUT2D eigenvalue weighted by Gasteiger charge is -2.35. The number of ketones is 1. The number of carbonyl (C=O) groups is 3. The fourth-order valence-corrected chi connectivity index (χ4v) is 3.68. The molecule has 1 aromatic rings. The Balaban J connectivity index is 1.75. The summed E-state index contributed by atoms with van der Waals surface area (Å²) in [5, 5.41) is 0. The summed E-state index contributed by atoms with van der Waals surface area (Å²) < 4.78 is 5.44. The first-order valence-electron chi connectivity index (χ1n) is 10.4. The van der Waals surface area contributed by atoms with E-state index in [1.165, 1.54) is 16.0 Å². The van der Waals surface area contributed by atoms with Crippen molar-refractivity contribution in [2.24, 2.45) is 5.92 Å². The van der Waals surface area contributed by atoms with E-state index in [2.05, 4.69) is 19.9 Å². The second-order valence-electron chi connectivity index (χ2n) is 9.25. The van der Waals surface area contributed by atoms with Crippen LogP contribution in [-0.2, 0) is 20.9 Å². The van der Waals surface area contributed by atoms with Crippen LogP contribution in [-0.4, -0.2) is 52.3 Å². The summed E-state index contributed by atoms with van der Waals surface area (Å²) in [5.74, 6) is -1.05. The first kappa shape index (κ1) is 21.3. The molecule has 1 aromatic carbocycles. The van der Waals surface area contributed by atoms with E-state index in [0.29, 0.717) is 13.1 Å². The SMILES string of the molecule is Cc1cccc(CN(C(=O)C2CN(C(=O)OC(C)(C)C)CCC2=O)C2CC2)c1C. The van der Waals surface area contributed by atoms with Gasteiger partial charge in [-0.25, -0.2) is 4.79 Å². The molecule has 1 heterocycles. The molecule has 6 heteroatoms. The van der Waals surface area contributed by atoms with Crippen LogP contribution in [0.2, 0.25) is 0 Å². The van der Waals surface area contributed by atoms with Crippen molar-refractivity contribution in [1.29, 1.82) is 0 Å². The Morgan fingerprint density at radius 2 is 1.90 bits per heavy atom. The summed E-state index contributed by atoms with van der Waals surface area (Å²) in [4.78, 5) is 41.7. The van der Waals surface area contributed by atoms with Crippen LogP contribution >= 0.6 is 0 Å². The summed E-state index contributed by atoms with van der Waals surface area (Å²) in [6.07, 6.45) is 1.66. The van der Waals surface area contributed by atoms with Crippen molar-refractivity contribution in [2.75, 3.05) is 13.1 Å². The van der Waals surface area contributed by atoms with Gasteiger partial charge in [-0.15, -0.1) is 0 Å². The minimum Gasteiger partial charge on any atom is -0.444 e. The van der Waals surface area contributed by atoms with Crippen LogP contribution in [0.1, 0.15) is 56.7 Å². The summed E-state index contributed by atoms with van der Waals surface area (Å²) in [7, 11) is 0. The predicted molar refractivity (Wildman–Crippen MR) is 110 cm³/mol. The van der Waals surface area contributed by atoms with Gasteiger partial charge in [-0.3, -0.25) is 9.59 Å². The van der Waals surface area contributed by atoms with Gasteiger partial charge in [0.05, 0.1) is 0 Å². The number of benzene rings is 1. The number of likely N-dealkylation sites (tertiary alicyclic amines) is 1. The molecule has 1 saturated heterocycles. The molecule has 1 aliphatic carbocycles. The fourth-order valence-electron chi connectivity index (χ4n) is 3.68. The van der Waals surface area contributed by atoms with Crippen LogP contribution in [0.15, 0.2) is 18.2 Å². The molecule has 0 N–H and O–H groups in total. The van der Waals surface area contributed by atoms with E-state index in [0.717, 1.165) is 18.4 Å². The molecule has 0 radical (unpaired) electrons. The maximum Gasteiger partial charge on any atom is 0.410 e. The molecule has 1 atom stereocenters. The highest BCUT2D eigenvalue weighted by molar-refractivity contribution is 6.03. The number of aryl methyl sites for hydroxylation is 1. The van der Waals surface area contributed by atoms with Gasteiger partial charge in [-0.05, 0) is 64.2 Å². The smallest absolute Gasteiger partial charge is 0.410 e. The molecule has 0 aromatic heterocycles. The van der Waals surface area contributed by atoms with Gasteiger partial charge in [-0.1, -0.05) is 18.2 Å². The van der Waals surface area contributed by atoms with Crippen molar-refractivity contribution in [2.45, 2.75) is 72.1 Å². The van der Waals surface area contributed by atoms with Gasteiger partial charge >= 0.3 is 6.09 Å². The number of carbonyl (C=O) groups excluding carboxylic acids is 3. The van der Waals surface area contributed by atoms with Crippen molar-refractivity contribution in [3.8, 4) is 0 Å². The fraction of sp³-hybridized carbons (Fsp3) is 0.609. The predicted octanol–water partition coefficient (Wildman–Crippen LogP) is 3.62. The molecule has 3 rings (SSSR count). The van der Waals surface area contributed by atoms with E-state index in [9.17, 15) is 14.4 Å². The third-order valence-corrected chi connectivity index (χ3v) is 5.70. The topological polar surface area (TPSA) is 66.9 Å². The molecule has 2 fully saturated rings. The molecule has 1 aliphatic heterocycles. The summed E-state index contributed by atoms with van der Waals surface area (Å²) >= 11 is 0. The minimum absolute atomic E-state index is 0.0820. The quantitative estimate of drug-likeness (QED) is 0.724. The molecule has 158 valence electrons. The lowest BCUT2D eigenvalue weighted by molar-refractivity contribution is -0.144. The van der Waals surface area contributed by atoms with Crippen LogP contribution < -0.4 is 0 Å². The standard InChI is InChI=1S/C23H32N2O4/c1-15-7-6-8-17(16(15)2)13-25(18-9-10-18)21(27)19-14-24(12-11-20(19)26)22(28)29-23(3,4)5/h6-8,18-19H,9-14H2,1-5H3. The Labute approximate surface area is 173 Å². The summed E-state index contributed by atoms with van der Waals surface area (Å²) in [5.41, 5.74) is 2.87.